The lowest BCUT2D eigenvalue weighted by Crippen LogP contribution is -2.09. The predicted octanol–water partition coefficient (Wildman–Crippen LogP) is 1.14. The van der Waals surface area contributed by atoms with Crippen LogP contribution in [-0.2, 0) is 22.4 Å². The van der Waals surface area contributed by atoms with Gasteiger partial charge in [0.25, 0.3) is 0 Å². The summed E-state index contributed by atoms with van der Waals surface area (Å²) in [6, 6.07) is 4.98. The van der Waals surface area contributed by atoms with Crippen LogP contribution in [0.1, 0.15) is 31.1 Å². The molecular formula is C16H18N4O4. The Labute approximate surface area is 138 Å². The molecule has 126 valence electrons. The molecule has 0 atom stereocenters. The van der Waals surface area contributed by atoms with Crippen molar-refractivity contribution in [1.29, 1.82) is 0 Å². The highest BCUT2D eigenvalue weighted by atomic mass is 16.5. The fourth-order valence-electron chi connectivity index (χ4n) is 2.08. The number of carbonyl (C=O) groups is 2. The Morgan fingerprint density at radius 1 is 1.21 bits per heavy atom. The van der Waals surface area contributed by atoms with Gasteiger partial charge in [0.2, 0.25) is 0 Å². The first-order valence-electron chi connectivity index (χ1n) is 7.24. The fraction of sp³-hybridized carbons (Fsp3) is 0.312. The van der Waals surface area contributed by atoms with Gasteiger partial charge in [0.1, 0.15) is 11.6 Å². The topological polar surface area (TPSA) is 107 Å². The van der Waals surface area contributed by atoms with Crippen molar-refractivity contribution in [1.82, 2.24) is 14.9 Å². The number of carbonyl (C=O) groups excluding carboxylic acids is 2. The smallest absolute Gasteiger partial charge is 0.166 e. The van der Waals surface area contributed by atoms with Gasteiger partial charge >= 0.3 is 0 Å². The Morgan fingerprint density at radius 2 is 1.79 bits per heavy atom. The molecule has 0 bridgehead atoms. The maximum atomic E-state index is 11.4. The number of hydrogen-bond acceptors (Lipinski definition) is 7. The van der Waals surface area contributed by atoms with Gasteiger partial charge in [-0.15, -0.1) is 10.2 Å². The normalized spacial score (nSPS) is 11.0. The molecule has 2 aromatic rings. The first-order chi connectivity index (χ1) is 11.4. The summed E-state index contributed by atoms with van der Waals surface area (Å²) < 4.78 is 6.39. The van der Waals surface area contributed by atoms with Gasteiger partial charge in [-0.05, 0) is 26.0 Å². The third-order valence-corrected chi connectivity index (χ3v) is 3.15. The molecule has 0 radical (unpaired) electrons. The molecule has 0 fully saturated rings. The van der Waals surface area contributed by atoms with E-state index in [2.05, 4.69) is 15.3 Å². The first-order valence-corrected chi connectivity index (χ1v) is 7.24. The number of rotatable bonds is 7. The molecule has 0 spiro atoms. The highest BCUT2D eigenvalue weighted by Crippen LogP contribution is 2.28. The summed E-state index contributed by atoms with van der Waals surface area (Å²) in [5.41, 5.74) is 0.422. The zero-order chi connectivity index (χ0) is 17.7. The first kappa shape index (κ1) is 17.3. The summed E-state index contributed by atoms with van der Waals surface area (Å²) in [6.07, 6.45) is 1.49. The molecule has 8 nitrogen and oxygen atoms in total. The number of hydrogen-bond donors (Lipinski definition) is 1. The van der Waals surface area contributed by atoms with Crippen LogP contribution in [0.2, 0.25) is 0 Å². The molecule has 1 heterocycles. The highest BCUT2D eigenvalue weighted by Gasteiger charge is 2.15. The van der Waals surface area contributed by atoms with Crippen LogP contribution >= 0.6 is 0 Å². The Bertz CT molecular complexity index is 762. The summed E-state index contributed by atoms with van der Waals surface area (Å²) in [6.45, 7) is 2.86. The number of methoxy groups -OCH3 is 1. The summed E-state index contributed by atoms with van der Waals surface area (Å²) >= 11 is 0. The van der Waals surface area contributed by atoms with Gasteiger partial charge in [-0.3, -0.25) is 9.59 Å². The Balaban J connectivity index is 2.41. The predicted molar refractivity (Wildman–Crippen MR) is 86.4 cm³/mol. The van der Waals surface area contributed by atoms with Crippen LogP contribution in [0.25, 0.3) is 0 Å². The molecular weight excluding hydrogens is 312 g/mol. The number of ketones is 2. The van der Waals surface area contributed by atoms with E-state index in [1.54, 1.807) is 18.2 Å². The van der Waals surface area contributed by atoms with Crippen molar-refractivity contribution in [2.75, 3.05) is 7.11 Å². The second kappa shape index (κ2) is 7.49. The van der Waals surface area contributed by atoms with Gasteiger partial charge in [-0.2, -0.15) is 5.10 Å². The molecule has 8 heteroatoms. The van der Waals surface area contributed by atoms with Crippen LogP contribution in [0.4, 0.5) is 0 Å². The lowest BCUT2D eigenvalue weighted by Gasteiger charge is -2.06. The third-order valence-electron chi connectivity index (χ3n) is 3.15. The van der Waals surface area contributed by atoms with Crippen molar-refractivity contribution in [3.8, 4) is 11.5 Å². The van der Waals surface area contributed by atoms with Crippen molar-refractivity contribution in [3.63, 3.8) is 0 Å². The van der Waals surface area contributed by atoms with Crippen LogP contribution in [0.15, 0.2) is 23.3 Å². The molecule has 0 aliphatic carbocycles. The number of aromatic nitrogens is 3. The van der Waals surface area contributed by atoms with Gasteiger partial charge < -0.3 is 9.84 Å². The van der Waals surface area contributed by atoms with Crippen LogP contribution in [-0.4, -0.2) is 44.9 Å². The molecule has 0 aliphatic rings. The van der Waals surface area contributed by atoms with E-state index < -0.39 is 0 Å². The van der Waals surface area contributed by atoms with E-state index in [-0.39, 0.29) is 30.2 Å². The minimum absolute atomic E-state index is 0.0480. The Morgan fingerprint density at radius 3 is 2.29 bits per heavy atom. The van der Waals surface area contributed by atoms with Gasteiger partial charge in [-0.25, -0.2) is 4.68 Å². The minimum atomic E-state index is -0.0996. The summed E-state index contributed by atoms with van der Waals surface area (Å²) in [7, 11) is 1.45. The molecule has 0 saturated heterocycles. The summed E-state index contributed by atoms with van der Waals surface area (Å²) in [4.78, 5) is 22.7. The standard InChI is InChI=1S/C16H18N4O4/c1-10(21)7-14-18-19-15(8-11(2)22)20(14)17-9-12-5-4-6-13(24-3)16(12)23/h4-6,9,23H,7-8H2,1-3H3/b17-9+. The van der Waals surface area contributed by atoms with Crippen LogP contribution in [0, 0.1) is 0 Å². The Hall–Kier alpha value is -3.03. The molecule has 0 unspecified atom stereocenters. The van der Waals surface area contributed by atoms with Crippen molar-refractivity contribution < 1.29 is 19.4 Å². The summed E-state index contributed by atoms with van der Waals surface area (Å²) in [5.74, 6) is 0.721. The van der Waals surface area contributed by atoms with Crippen molar-refractivity contribution in [3.05, 3.63) is 35.4 Å². The van der Waals surface area contributed by atoms with E-state index in [1.165, 1.54) is 31.8 Å². The zero-order valence-electron chi connectivity index (χ0n) is 13.7. The monoisotopic (exact) mass is 330 g/mol. The van der Waals surface area contributed by atoms with Gasteiger partial charge in [0, 0.05) is 5.56 Å². The fourth-order valence-corrected chi connectivity index (χ4v) is 2.08. The number of phenols is 1. The number of aromatic hydroxyl groups is 1. The van der Waals surface area contributed by atoms with E-state index in [0.717, 1.165) is 0 Å². The number of benzene rings is 1. The molecule has 2 rings (SSSR count). The van der Waals surface area contributed by atoms with Gasteiger partial charge in [0.15, 0.2) is 23.1 Å². The molecule has 1 N–H and O–H groups in total. The minimum Gasteiger partial charge on any atom is -0.504 e. The van der Waals surface area contributed by atoms with E-state index in [1.807, 2.05) is 0 Å². The van der Waals surface area contributed by atoms with E-state index in [4.69, 9.17) is 4.74 Å². The van der Waals surface area contributed by atoms with Crippen LogP contribution < -0.4 is 4.74 Å². The largest absolute Gasteiger partial charge is 0.504 e. The maximum Gasteiger partial charge on any atom is 0.166 e. The van der Waals surface area contributed by atoms with E-state index >= 15 is 0 Å². The molecule has 0 amide bonds. The second-order valence-corrected chi connectivity index (χ2v) is 5.24. The van der Waals surface area contributed by atoms with Crippen LogP contribution in [0.5, 0.6) is 11.5 Å². The number of nitrogens with zero attached hydrogens (tertiary/aromatic N) is 4. The van der Waals surface area contributed by atoms with E-state index in [9.17, 15) is 14.7 Å². The molecule has 24 heavy (non-hydrogen) atoms. The molecule has 1 aromatic carbocycles. The summed E-state index contributed by atoms with van der Waals surface area (Å²) in [5, 5.41) is 22.1. The quantitative estimate of drug-likeness (QED) is 0.763. The number of phenolic OH excluding ortho intramolecular Hbond substituents is 1. The molecule has 0 saturated carbocycles. The second-order valence-electron chi connectivity index (χ2n) is 5.24. The van der Waals surface area contributed by atoms with Gasteiger partial charge in [0.05, 0.1) is 26.2 Å². The maximum absolute atomic E-state index is 11.4. The zero-order valence-corrected chi connectivity index (χ0v) is 13.7. The Kier molecular flexibility index (Phi) is 5.41. The molecule has 1 aromatic heterocycles. The van der Waals surface area contributed by atoms with Crippen molar-refractivity contribution in [2.24, 2.45) is 5.10 Å². The third kappa shape index (κ3) is 4.03. The number of para-hydroxylation sites is 1. The number of Topliss-reactive ketones (excluding diaryl/α,β-unsaturated/α-hetero) is 2. The molecule has 0 aliphatic heterocycles. The lowest BCUT2D eigenvalue weighted by molar-refractivity contribution is -0.117. The average Bonchev–Trinajstić information content (AvgIpc) is 2.86. The van der Waals surface area contributed by atoms with Crippen molar-refractivity contribution >= 4 is 17.8 Å². The SMILES string of the molecule is COc1cccc(/C=N/n2c(CC(C)=O)nnc2CC(C)=O)c1O. The van der Waals surface area contributed by atoms with Gasteiger partial charge in [-0.1, -0.05) is 6.07 Å². The highest BCUT2D eigenvalue weighted by molar-refractivity contribution is 5.85. The average molecular weight is 330 g/mol. The lowest BCUT2D eigenvalue weighted by atomic mass is 10.2. The number of ether oxygens (including phenoxy) is 1. The van der Waals surface area contributed by atoms with Crippen molar-refractivity contribution in [2.45, 2.75) is 26.7 Å². The van der Waals surface area contributed by atoms with E-state index in [0.29, 0.717) is 23.0 Å². The van der Waals surface area contributed by atoms with Crippen LogP contribution in [0.3, 0.4) is 0 Å².